The molecule has 2 rings (SSSR count). The van der Waals surface area contributed by atoms with Crippen molar-refractivity contribution >= 4 is 49.4 Å². The Balaban J connectivity index is 2.29. The Bertz CT molecular complexity index is 634. The van der Waals surface area contributed by atoms with Crippen LogP contribution in [0.5, 0.6) is 0 Å². The van der Waals surface area contributed by atoms with Crippen LogP contribution in [0, 0.1) is 0 Å². The van der Waals surface area contributed by atoms with Gasteiger partial charge in [-0.15, -0.1) is 0 Å². The smallest absolute Gasteiger partial charge is 0.260 e. The Morgan fingerprint density at radius 1 is 1.30 bits per heavy atom. The molecule has 0 saturated heterocycles. The standard InChI is InChI=1S/C13H12Br2N4O/c1-2-16-11-9(6-8(14)7-18-11)13(20)19-12-10(15)4-3-5-17-12/h3-7H,2H2,1H3,(H,16,18)(H,17,19,20). The number of hydrogen-bond acceptors (Lipinski definition) is 4. The second kappa shape index (κ2) is 6.81. The van der Waals surface area contributed by atoms with Crippen molar-refractivity contribution in [3.63, 3.8) is 0 Å². The predicted molar refractivity (Wildman–Crippen MR) is 86.0 cm³/mol. The predicted octanol–water partition coefficient (Wildman–Crippen LogP) is 3.69. The van der Waals surface area contributed by atoms with Crippen LogP contribution in [0.4, 0.5) is 11.6 Å². The molecular weight excluding hydrogens is 388 g/mol. The first-order chi connectivity index (χ1) is 9.61. The normalized spacial score (nSPS) is 10.2. The van der Waals surface area contributed by atoms with E-state index >= 15 is 0 Å². The number of carbonyl (C=O) groups excluding carboxylic acids is 1. The Morgan fingerprint density at radius 2 is 2.10 bits per heavy atom. The first kappa shape index (κ1) is 14.9. The highest BCUT2D eigenvalue weighted by molar-refractivity contribution is 9.10. The van der Waals surface area contributed by atoms with Crippen LogP contribution in [0.3, 0.4) is 0 Å². The first-order valence-electron chi connectivity index (χ1n) is 5.93. The minimum Gasteiger partial charge on any atom is -0.370 e. The van der Waals surface area contributed by atoms with E-state index in [9.17, 15) is 4.79 Å². The van der Waals surface area contributed by atoms with Gasteiger partial charge in [0.2, 0.25) is 0 Å². The number of carbonyl (C=O) groups is 1. The van der Waals surface area contributed by atoms with Gasteiger partial charge in [0.15, 0.2) is 0 Å². The van der Waals surface area contributed by atoms with E-state index in [4.69, 9.17) is 0 Å². The highest BCUT2D eigenvalue weighted by Gasteiger charge is 2.15. The molecule has 0 aliphatic carbocycles. The molecule has 5 nitrogen and oxygen atoms in total. The van der Waals surface area contributed by atoms with Gasteiger partial charge in [-0.1, -0.05) is 0 Å². The van der Waals surface area contributed by atoms with Gasteiger partial charge in [-0.25, -0.2) is 9.97 Å². The Morgan fingerprint density at radius 3 is 2.80 bits per heavy atom. The third kappa shape index (κ3) is 3.55. The van der Waals surface area contributed by atoms with Gasteiger partial charge in [0.1, 0.15) is 11.6 Å². The lowest BCUT2D eigenvalue weighted by atomic mass is 10.2. The Hall–Kier alpha value is -1.47. The lowest BCUT2D eigenvalue weighted by Crippen LogP contribution is -2.16. The van der Waals surface area contributed by atoms with Crippen molar-refractivity contribution in [3.8, 4) is 0 Å². The summed E-state index contributed by atoms with van der Waals surface area (Å²) in [4.78, 5) is 20.7. The summed E-state index contributed by atoms with van der Waals surface area (Å²) in [6.45, 7) is 2.63. The van der Waals surface area contributed by atoms with E-state index in [-0.39, 0.29) is 5.91 Å². The number of pyridine rings is 2. The van der Waals surface area contributed by atoms with Crippen LogP contribution in [-0.4, -0.2) is 22.4 Å². The van der Waals surface area contributed by atoms with E-state index in [0.717, 1.165) is 8.95 Å². The van der Waals surface area contributed by atoms with Crippen LogP contribution < -0.4 is 10.6 Å². The fourth-order valence-electron chi connectivity index (χ4n) is 1.57. The van der Waals surface area contributed by atoms with Crippen molar-refractivity contribution in [2.24, 2.45) is 0 Å². The molecule has 0 bridgehead atoms. The number of amides is 1. The molecule has 0 fully saturated rings. The van der Waals surface area contributed by atoms with Gasteiger partial charge in [-0.2, -0.15) is 0 Å². The van der Waals surface area contributed by atoms with Gasteiger partial charge in [0.05, 0.1) is 10.0 Å². The zero-order valence-electron chi connectivity index (χ0n) is 10.7. The quantitative estimate of drug-likeness (QED) is 0.822. The summed E-state index contributed by atoms with van der Waals surface area (Å²) < 4.78 is 1.46. The van der Waals surface area contributed by atoms with Crippen molar-refractivity contribution in [1.82, 2.24) is 9.97 Å². The molecule has 0 radical (unpaired) electrons. The maximum atomic E-state index is 12.3. The topological polar surface area (TPSA) is 66.9 Å². The lowest BCUT2D eigenvalue weighted by Gasteiger charge is -2.11. The SMILES string of the molecule is CCNc1ncc(Br)cc1C(=O)Nc1ncccc1Br. The number of nitrogens with zero attached hydrogens (tertiary/aromatic N) is 2. The van der Waals surface area contributed by atoms with Crippen LogP contribution in [-0.2, 0) is 0 Å². The fourth-order valence-corrected chi connectivity index (χ4v) is 2.26. The number of rotatable bonds is 4. The van der Waals surface area contributed by atoms with Gasteiger partial charge < -0.3 is 10.6 Å². The third-order valence-electron chi connectivity index (χ3n) is 2.43. The zero-order valence-corrected chi connectivity index (χ0v) is 13.8. The van der Waals surface area contributed by atoms with Crippen LogP contribution in [0.1, 0.15) is 17.3 Å². The highest BCUT2D eigenvalue weighted by Crippen LogP contribution is 2.22. The monoisotopic (exact) mass is 398 g/mol. The molecule has 2 aromatic heterocycles. The fraction of sp³-hybridized carbons (Fsp3) is 0.154. The molecule has 0 atom stereocenters. The van der Waals surface area contributed by atoms with Crippen LogP contribution in [0.15, 0.2) is 39.5 Å². The molecule has 0 saturated carbocycles. The van der Waals surface area contributed by atoms with Crippen molar-refractivity contribution in [3.05, 3.63) is 45.1 Å². The molecule has 20 heavy (non-hydrogen) atoms. The minimum atomic E-state index is -0.269. The first-order valence-corrected chi connectivity index (χ1v) is 7.51. The molecule has 0 unspecified atom stereocenters. The summed E-state index contributed by atoms with van der Waals surface area (Å²) in [6, 6.07) is 5.31. The second-order valence-corrected chi connectivity index (χ2v) is 5.64. The molecule has 2 aromatic rings. The summed E-state index contributed by atoms with van der Waals surface area (Å²) in [6.07, 6.45) is 3.26. The summed E-state index contributed by atoms with van der Waals surface area (Å²) in [5.74, 6) is 0.745. The number of halogens is 2. The lowest BCUT2D eigenvalue weighted by molar-refractivity contribution is 0.102. The van der Waals surface area contributed by atoms with Crippen molar-refractivity contribution in [2.45, 2.75) is 6.92 Å². The van der Waals surface area contributed by atoms with E-state index < -0.39 is 0 Å². The summed E-state index contributed by atoms with van der Waals surface area (Å²) in [5.41, 5.74) is 0.457. The largest absolute Gasteiger partial charge is 0.370 e. The van der Waals surface area contributed by atoms with Gasteiger partial charge in [0, 0.05) is 23.4 Å². The average molecular weight is 400 g/mol. The highest BCUT2D eigenvalue weighted by atomic mass is 79.9. The van der Waals surface area contributed by atoms with E-state index in [0.29, 0.717) is 23.7 Å². The van der Waals surface area contributed by atoms with E-state index in [1.807, 2.05) is 13.0 Å². The summed E-state index contributed by atoms with van der Waals surface area (Å²) in [5, 5.41) is 5.81. The van der Waals surface area contributed by atoms with Crippen molar-refractivity contribution in [1.29, 1.82) is 0 Å². The second-order valence-electron chi connectivity index (χ2n) is 3.87. The molecular formula is C13H12Br2N4O. The maximum Gasteiger partial charge on any atom is 0.260 e. The number of hydrogen-bond donors (Lipinski definition) is 2. The minimum absolute atomic E-state index is 0.269. The molecule has 1 amide bonds. The van der Waals surface area contributed by atoms with Crippen molar-refractivity contribution in [2.75, 3.05) is 17.2 Å². The van der Waals surface area contributed by atoms with Gasteiger partial charge in [0.25, 0.3) is 5.91 Å². The van der Waals surface area contributed by atoms with Gasteiger partial charge in [-0.3, -0.25) is 4.79 Å². The van der Waals surface area contributed by atoms with Crippen LogP contribution >= 0.6 is 31.9 Å². The summed E-state index contributed by atoms with van der Waals surface area (Å²) >= 11 is 6.66. The molecule has 2 heterocycles. The molecule has 104 valence electrons. The zero-order chi connectivity index (χ0) is 14.5. The van der Waals surface area contributed by atoms with Crippen LogP contribution in [0.25, 0.3) is 0 Å². The van der Waals surface area contributed by atoms with E-state index in [2.05, 4.69) is 52.5 Å². The number of anilines is 2. The van der Waals surface area contributed by atoms with Gasteiger partial charge in [-0.05, 0) is 57.0 Å². The van der Waals surface area contributed by atoms with Gasteiger partial charge >= 0.3 is 0 Å². The maximum absolute atomic E-state index is 12.3. The molecule has 0 aromatic carbocycles. The average Bonchev–Trinajstić information content (AvgIpc) is 2.43. The van der Waals surface area contributed by atoms with Crippen molar-refractivity contribution < 1.29 is 4.79 Å². The summed E-state index contributed by atoms with van der Waals surface area (Å²) in [7, 11) is 0. The molecule has 0 spiro atoms. The molecule has 0 aliphatic rings. The van der Waals surface area contributed by atoms with E-state index in [1.54, 1.807) is 24.5 Å². The third-order valence-corrected chi connectivity index (χ3v) is 3.51. The Kier molecular flexibility index (Phi) is 5.08. The van der Waals surface area contributed by atoms with E-state index in [1.165, 1.54) is 0 Å². The molecule has 7 heteroatoms. The van der Waals surface area contributed by atoms with Crippen LogP contribution in [0.2, 0.25) is 0 Å². The Labute approximate surface area is 133 Å². The molecule has 2 N–H and O–H groups in total. The number of aromatic nitrogens is 2. The molecule has 0 aliphatic heterocycles. The number of nitrogens with one attached hydrogen (secondary N) is 2.